The molecule has 2 aromatic rings. The number of anilines is 1. The van der Waals surface area contributed by atoms with Gasteiger partial charge in [-0.3, -0.25) is 9.78 Å². The average Bonchev–Trinajstić information content (AvgIpc) is 2.48. The van der Waals surface area contributed by atoms with E-state index in [2.05, 4.69) is 15.2 Å². The molecule has 1 amide bonds. The largest absolute Gasteiger partial charge is 0.373 e. The molecule has 0 atom stereocenters. The summed E-state index contributed by atoms with van der Waals surface area (Å²) in [4.78, 5) is 17.9. The van der Waals surface area contributed by atoms with E-state index in [9.17, 15) is 4.79 Å². The van der Waals surface area contributed by atoms with E-state index in [0.29, 0.717) is 17.3 Å². The second-order valence-electron chi connectivity index (χ2n) is 4.37. The number of para-hydroxylation sites is 1. The minimum absolute atomic E-state index is 0.214. The molecule has 1 aromatic heterocycles. The van der Waals surface area contributed by atoms with Gasteiger partial charge in [0.1, 0.15) is 5.69 Å². The summed E-state index contributed by atoms with van der Waals surface area (Å²) in [7, 11) is 1.99. The van der Waals surface area contributed by atoms with Crippen LogP contribution in [0.5, 0.6) is 0 Å². The van der Waals surface area contributed by atoms with Crippen LogP contribution in [0.4, 0.5) is 5.69 Å². The van der Waals surface area contributed by atoms with Gasteiger partial charge in [-0.2, -0.15) is 0 Å². The SMILES string of the molecule is CN(CCNC(=O)c1cc(Cl)ccn1)c1ccccc1. The summed E-state index contributed by atoms with van der Waals surface area (Å²) in [5.74, 6) is -0.214. The van der Waals surface area contributed by atoms with E-state index in [4.69, 9.17) is 11.6 Å². The van der Waals surface area contributed by atoms with Gasteiger partial charge in [0, 0.05) is 37.0 Å². The molecule has 1 N–H and O–H groups in total. The molecule has 5 heteroatoms. The highest BCUT2D eigenvalue weighted by Crippen LogP contribution is 2.10. The van der Waals surface area contributed by atoms with Crippen molar-refractivity contribution in [3.05, 3.63) is 59.4 Å². The highest BCUT2D eigenvalue weighted by Gasteiger charge is 2.07. The molecule has 0 unspecified atom stereocenters. The van der Waals surface area contributed by atoms with Crippen molar-refractivity contribution in [1.82, 2.24) is 10.3 Å². The fourth-order valence-electron chi connectivity index (χ4n) is 1.77. The summed E-state index contributed by atoms with van der Waals surface area (Å²) in [6.45, 7) is 1.26. The molecular weight excluding hydrogens is 274 g/mol. The standard InChI is InChI=1S/C15H16ClN3O/c1-19(13-5-3-2-4-6-13)10-9-18-15(20)14-11-12(16)7-8-17-14/h2-8,11H,9-10H2,1H3,(H,18,20). The van der Waals surface area contributed by atoms with Crippen LogP contribution in [0.15, 0.2) is 48.7 Å². The minimum Gasteiger partial charge on any atom is -0.373 e. The third-order valence-corrected chi connectivity index (χ3v) is 3.12. The number of benzene rings is 1. The topological polar surface area (TPSA) is 45.2 Å². The number of nitrogens with zero attached hydrogens (tertiary/aromatic N) is 2. The van der Waals surface area contributed by atoms with Crippen LogP contribution in [-0.2, 0) is 0 Å². The first-order valence-corrected chi connectivity index (χ1v) is 6.70. The lowest BCUT2D eigenvalue weighted by Crippen LogP contribution is -2.33. The van der Waals surface area contributed by atoms with Gasteiger partial charge in [-0.1, -0.05) is 29.8 Å². The van der Waals surface area contributed by atoms with Crippen LogP contribution in [0, 0.1) is 0 Å². The molecule has 0 saturated carbocycles. The first-order chi connectivity index (χ1) is 9.66. The Morgan fingerprint density at radius 1 is 1.30 bits per heavy atom. The summed E-state index contributed by atoms with van der Waals surface area (Å²) >= 11 is 5.83. The summed E-state index contributed by atoms with van der Waals surface area (Å²) < 4.78 is 0. The number of nitrogens with one attached hydrogen (secondary N) is 1. The number of carbonyl (C=O) groups excluding carboxylic acids is 1. The van der Waals surface area contributed by atoms with Crippen molar-refractivity contribution in [3.63, 3.8) is 0 Å². The van der Waals surface area contributed by atoms with Gasteiger partial charge in [0.25, 0.3) is 5.91 Å². The maximum absolute atomic E-state index is 11.9. The molecule has 0 fully saturated rings. The predicted molar refractivity (Wildman–Crippen MR) is 81.3 cm³/mol. The summed E-state index contributed by atoms with van der Waals surface area (Å²) in [6, 6.07) is 13.2. The zero-order valence-corrected chi connectivity index (χ0v) is 12.0. The Bertz CT molecular complexity index is 574. The van der Waals surface area contributed by atoms with Crippen molar-refractivity contribution in [2.75, 3.05) is 25.0 Å². The number of aromatic nitrogens is 1. The van der Waals surface area contributed by atoms with Crippen molar-refractivity contribution in [3.8, 4) is 0 Å². The lowest BCUT2D eigenvalue weighted by molar-refractivity contribution is 0.0950. The molecule has 1 heterocycles. The summed E-state index contributed by atoms with van der Waals surface area (Å²) in [5.41, 5.74) is 1.45. The van der Waals surface area contributed by atoms with Crippen molar-refractivity contribution in [2.24, 2.45) is 0 Å². The van der Waals surface area contributed by atoms with Crippen LogP contribution in [0.1, 0.15) is 10.5 Å². The van der Waals surface area contributed by atoms with Gasteiger partial charge in [0.2, 0.25) is 0 Å². The van der Waals surface area contributed by atoms with Gasteiger partial charge in [0.05, 0.1) is 0 Å². The quantitative estimate of drug-likeness (QED) is 0.920. The van der Waals surface area contributed by atoms with Crippen LogP contribution < -0.4 is 10.2 Å². The van der Waals surface area contributed by atoms with Gasteiger partial charge < -0.3 is 10.2 Å². The van der Waals surface area contributed by atoms with Crippen LogP contribution in [0.2, 0.25) is 5.02 Å². The maximum atomic E-state index is 11.9. The first-order valence-electron chi connectivity index (χ1n) is 6.33. The fraction of sp³-hybridized carbons (Fsp3) is 0.200. The second-order valence-corrected chi connectivity index (χ2v) is 4.81. The van der Waals surface area contributed by atoms with Gasteiger partial charge in [0.15, 0.2) is 0 Å². The Hall–Kier alpha value is -2.07. The predicted octanol–water partition coefficient (Wildman–Crippen LogP) is 2.60. The van der Waals surface area contributed by atoms with Gasteiger partial charge in [-0.05, 0) is 24.3 Å². The van der Waals surface area contributed by atoms with Crippen LogP contribution in [0.3, 0.4) is 0 Å². The molecule has 0 aliphatic carbocycles. The molecule has 0 saturated heterocycles. The Balaban J connectivity index is 1.83. The summed E-state index contributed by atoms with van der Waals surface area (Å²) in [5, 5.41) is 3.33. The molecular formula is C15H16ClN3O. The van der Waals surface area contributed by atoms with E-state index in [1.54, 1.807) is 12.1 Å². The van der Waals surface area contributed by atoms with E-state index in [1.807, 2.05) is 37.4 Å². The number of likely N-dealkylation sites (N-methyl/N-ethyl adjacent to an activating group) is 1. The van der Waals surface area contributed by atoms with E-state index in [1.165, 1.54) is 6.20 Å². The molecule has 0 bridgehead atoms. The number of hydrogen-bond donors (Lipinski definition) is 1. The van der Waals surface area contributed by atoms with Crippen LogP contribution in [0.25, 0.3) is 0 Å². The third kappa shape index (κ3) is 3.96. The number of amides is 1. The van der Waals surface area contributed by atoms with Crippen LogP contribution >= 0.6 is 11.6 Å². The third-order valence-electron chi connectivity index (χ3n) is 2.88. The molecule has 0 aliphatic heterocycles. The van der Waals surface area contributed by atoms with E-state index in [-0.39, 0.29) is 5.91 Å². The molecule has 0 radical (unpaired) electrons. The smallest absolute Gasteiger partial charge is 0.269 e. The molecule has 1 aromatic carbocycles. The van der Waals surface area contributed by atoms with Crippen molar-refractivity contribution < 1.29 is 4.79 Å². The van der Waals surface area contributed by atoms with Gasteiger partial charge >= 0.3 is 0 Å². The summed E-state index contributed by atoms with van der Waals surface area (Å²) in [6.07, 6.45) is 1.52. The average molecular weight is 290 g/mol. The Labute approximate surface area is 123 Å². The number of hydrogen-bond acceptors (Lipinski definition) is 3. The Kier molecular flexibility index (Phi) is 4.96. The monoisotopic (exact) mass is 289 g/mol. The molecule has 104 valence electrons. The van der Waals surface area contributed by atoms with Crippen molar-refractivity contribution >= 4 is 23.2 Å². The molecule has 0 spiro atoms. The molecule has 20 heavy (non-hydrogen) atoms. The Morgan fingerprint density at radius 3 is 2.75 bits per heavy atom. The number of rotatable bonds is 5. The van der Waals surface area contributed by atoms with E-state index in [0.717, 1.165) is 12.2 Å². The molecule has 2 rings (SSSR count). The lowest BCUT2D eigenvalue weighted by atomic mass is 10.3. The zero-order valence-electron chi connectivity index (χ0n) is 11.2. The number of halogens is 1. The van der Waals surface area contributed by atoms with Gasteiger partial charge in [-0.25, -0.2) is 0 Å². The van der Waals surface area contributed by atoms with E-state index >= 15 is 0 Å². The minimum atomic E-state index is -0.214. The number of carbonyl (C=O) groups is 1. The van der Waals surface area contributed by atoms with Crippen molar-refractivity contribution in [2.45, 2.75) is 0 Å². The lowest BCUT2D eigenvalue weighted by Gasteiger charge is -2.19. The number of pyridine rings is 1. The highest BCUT2D eigenvalue weighted by atomic mass is 35.5. The normalized spacial score (nSPS) is 10.1. The Morgan fingerprint density at radius 2 is 2.05 bits per heavy atom. The fourth-order valence-corrected chi connectivity index (χ4v) is 1.93. The van der Waals surface area contributed by atoms with E-state index < -0.39 is 0 Å². The highest BCUT2D eigenvalue weighted by molar-refractivity contribution is 6.30. The zero-order chi connectivity index (χ0) is 14.4. The van der Waals surface area contributed by atoms with Gasteiger partial charge in [-0.15, -0.1) is 0 Å². The first kappa shape index (κ1) is 14.3. The molecule has 0 aliphatic rings. The van der Waals surface area contributed by atoms with Crippen LogP contribution in [-0.4, -0.2) is 31.0 Å². The maximum Gasteiger partial charge on any atom is 0.269 e. The second kappa shape index (κ2) is 6.91. The molecule has 4 nitrogen and oxygen atoms in total. The van der Waals surface area contributed by atoms with Crippen molar-refractivity contribution in [1.29, 1.82) is 0 Å².